The van der Waals surface area contributed by atoms with Crippen molar-refractivity contribution in [2.45, 2.75) is 30.2 Å². The summed E-state index contributed by atoms with van der Waals surface area (Å²) in [7, 11) is 0. The minimum atomic E-state index is -0.121. The van der Waals surface area contributed by atoms with Gasteiger partial charge in [0.1, 0.15) is 13.2 Å². The molecule has 0 aromatic heterocycles. The molecule has 2 atom stereocenters. The molecular formula is C14H17BrO3. The third-order valence-electron chi connectivity index (χ3n) is 3.64. The third kappa shape index (κ3) is 2.12. The Balaban J connectivity index is 1.87. The fraction of sp³-hybridized carbons (Fsp3) is 0.571. The van der Waals surface area contributed by atoms with Crippen LogP contribution in [0.4, 0.5) is 0 Å². The first-order valence-electron chi connectivity index (χ1n) is 6.37. The first-order valence-corrected chi connectivity index (χ1v) is 7.28. The molecule has 1 aromatic carbocycles. The van der Waals surface area contributed by atoms with E-state index in [4.69, 9.17) is 14.2 Å². The van der Waals surface area contributed by atoms with Crippen molar-refractivity contribution in [3.05, 3.63) is 23.8 Å². The lowest BCUT2D eigenvalue weighted by molar-refractivity contribution is 0.0197. The molecule has 0 amide bonds. The van der Waals surface area contributed by atoms with Crippen molar-refractivity contribution in [2.75, 3.05) is 19.8 Å². The summed E-state index contributed by atoms with van der Waals surface area (Å²) in [5, 5.41) is 0. The van der Waals surface area contributed by atoms with Gasteiger partial charge in [0.15, 0.2) is 11.5 Å². The minimum absolute atomic E-state index is 0.121. The maximum absolute atomic E-state index is 5.88. The largest absolute Gasteiger partial charge is 0.486 e. The average molecular weight is 313 g/mol. The van der Waals surface area contributed by atoms with Crippen LogP contribution in [0.2, 0.25) is 0 Å². The van der Waals surface area contributed by atoms with Crippen molar-refractivity contribution in [3.8, 4) is 11.5 Å². The number of fused-ring (bicyclic) bond motifs is 1. The molecule has 1 aromatic rings. The quantitative estimate of drug-likeness (QED) is 0.783. The Bertz CT molecular complexity index is 441. The summed E-state index contributed by atoms with van der Waals surface area (Å²) in [5.74, 6) is 1.67. The summed E-state index contributed by atoms with van der Waals surface area (Å²) in [6.45, 7) is 4.27. The summed E-state index contributed by atoms with van der Waals surface area (Å²) in [4.78, 5) is 0.184. The van der Waals surface area contributed by atoms with Crippen molar-refractivity contribution in [1.29, 1.82) is 0 Å². The molecule has 0 radical (unpaired) electrons. The highest BCUT2D eigenvalue weighted by molar-refractivity contribution is 9.09. The summed E-state index contributed by atoms with van der Waals surface area (Å²) in [6.07, 6.45) is 2.21. The first-order chi connectivity index (χ1) is 8.69. The van der Waals surface area contributed by atoms with E-state index in [1.807, 2.05) is 6.07 Å². The molecule has 3 rings (SSSR count). The zero-order chi connectivity index (χ0) is 12.6. The lowest BCUT2D eigenvalue weighted by Gasteiger charge is -2.30. The summed E-state index contributed by atoms with van der Waals surface area (Å²) >= 11 is 3.78. The lowest BCUT2D eigenvalue weighted by atomic mass is 9.93. The monoisotopic (exact) mass is 312 g/mol. The van der Waals surface area contributed by atoms with Crippen molar-refractivity contribution >= 4 is 15.9 Å². The predicted octanol–water partition coefficient (Wildman–Crippen LogP) is 3.46. The Morgan fingerprint density at radius 2 is 1.94 bits per heavy atom. The second-order valence-corrected chi connectivity index (χ2v) is 5.95. The molecule has 2 aliphatic heterocycles. The number of hydrogen-bond donors (Lipinski definition) is 0. The van der Waals surface area contributed by atoms with Gasteiger partial charge in [-0.05, 0) is 37.5 Å². The smallest absolute Gasteiger partial charge is 0.161 e. The van der Waals surface area contributed by atoms with Gasteiger partial charge in [-0.15, -0.1) is 0 Å². The van der Waals surface area contributed by atoms with Gasteiger partial charge in [-0.25, -0.2) is 0 Å². The zero-order valence-corrected chi connectivity index (χ0v) is 12.0. The van der Waals surface area contributed by atoms with Crippen LogP contribution < -0.4 is 9.47 Å². The van der Waals surface area contributed by atoms with E-state index in [9.17, 15) is 0 Å². The van der Waals surface area contributed by atoms with Crippen LogP contribution in [0.3, 0.4) is 0 Å². The molecule has 98 valence electrons. The summed E-state index contributed by atoms with van der Waals surface area (Å²) in [5.41, 5.74) is 1.06. The van der Waals surface area contributed by atoms with Gasteiger partial charge in [-0.1, -0.05) is 22.0 Å². The highest BCUT2D eigenvalue weighted by Gasteiger charge is 2.38. The lowest BCUT2D eigenvalue weighted by Crippen LogP contribution is -2.28. The van der Waals surface area contributed by atoms with Crippen LogP contribution in [-0.2, 0) is 4.74 Å². The third-order valence-corrected chi connectivity index (χ3v) is 5.14. The van der Waals surface area contributed by atoms with Crippen LogP contribution in [0.25, 0.3) is 0 Å². The molecule has 1 saturated heterocycles. The van der Waals surface area contributed by atoms with E-state index in [1.54, 1.807) is 0 Å². The van der Waals surface area contributed by atoms with E-state index in [1.165, 1.54) is 5.56 Å². The van der Waals surface area contributed by atoms with E-state index in [0.717, 1.165) is 30.9 Å². The van der Waals surface area contributed by atoms with Gasteiger partial charge >= 0.3 is 0 Å². The van der Waals surface area contributed by atoms with E-state index in [-0.39, 0.29) is 10.4 Å². The zero-order valence-electron chi connectivity index (χ0n) is 10.4. The number of alkyl halides is 1. The molecule has 3 nitrogen and oxygen atoms in total. The molecule has 18 heavy (non-hydrogen) atoms. The van der Waals surface area contributed by atoms with Gasteiger partial charge in [-0.3, -0.25) is 0 Å². The van der Waals surface area contributed by atoms with Crippen LogP contribution in [0.1, 0.15) is 30.2 Å². The standard InChI is InChI=1S/C14H17BrO3/c1-14(5-2-6-18-14)13(15)10-3-4-11-12(9-10)17-8-7-16-11/h3-4,9,13H,2,5-8H2,1H3. The molecule has 0 aliphatic carbocycles. The molecule has 2 unspecified atom stereocenters. The fourth-order valence-electron chi connectivity index (χ4n) is 2.57. The fourth-order valence-corrected chi connectivity index (χ4v) is 3.22. The number of rotatable bonds is 2. The van der Waals surface area contributed by atoms with Gasteiger partial charge in [0.2, 0.25) is 0 Å². The molecule has 0 saturated carbocycles. The molecule has 0 spiro atoms. The molecule has 2 aliphatic rings. The SMILES string of the molecule is CC1(C(Br)c2ccc3c(c2)OCCO3)CCCO1. The number of ether oxygens (including phenoxy) is 3. The van der Waals surface area contributed by atoms with Gasteiger partial charge < -0.3 is 14.2 Å². The number of hydrogen-bond acceptors (Lipinski definition) is 3. The molecular weight excluding hydrogens is 296 g/mol. The van der Waals surface area contributed by atoms with E-state index in [0.29, 0.717) is 13.2 Å². The Hall–Kier alpha value is -0.740. The van der Waals surface area contributed by atoms with Gasteiger partial charge in [-0.2, -0.15) is 0 Å². The van der Waals surface area contributed by atoms with Crippen LogP contribution in [0.5, 0.6) is 11.5 Å². The molecule has 1 fully saturated rings. The average Bonchev–Trinajstić information content (AvgIpc) is 2.85. The Morgan fingerprint density at radius 1 is 1.17 bits per heavy atom. The van der Waals surface area contributed by atoms with E-state index < -0.39 is 0 Å². The highest BCUT2D eigenvalue weighted by atomic mass is 79.9. The highest BCUT2D eigenvalue weighted by Crippen LogP contribution is 2.45. The number of halogens is 1. The van der Waals surface area contributed by atoms with Crippen molar-refractivity contribution < 1.29 is 14.2 Å². The van der Waals surface area contributed by atoms with E-state index >= 15 is 0 Å². The van der Waals surface area contributed by atoms with Crippen LogP contribution >= 0.6 is 15.9 Å². The first kappa shape index (κ1) is 12.3. The second-order valence-electron chi connectivity index (χ2n) is 5.03. The van der Waals surface area contributed by atoms with Crippen molar-refractivity contribution in [2.24, 2.45) is 0 Å². The predicted molar refractivity (Wildman–Crippen MR) is 72.7 cm³/mol. The molecule has 0 bridgehead atoms. The maximum Gasteiger partial charge on any atom is 0.161 e. The normalized spacial score (nSPS) is 28.1. The second kappa shape index (κ2) is 4.74. The Labute approximate surface area is 116 Å². The summed E-state index contributed by atoms with van der Waals surface area (Å²) in [6, 6.07) is 6.12. The number of benzene rings is 1. The molecule has 0 N–H and O–H groups in total. The van der Waals surface area contributed by atoms with Crippen LogP contribution in [0.15, 0.2) is 18.2 Å². The summed E-state index contributed by atoms with van der Waals surface area (Å²) < 4.78 is 17.0. The van der Waals surface area contributed by atoms with Crippen LogP contribution in [-0.4, -0.2) is 25.4 Å². The van der Waals surface area contributed by atoms with Crippen molar-refractivity contribution in [1.82, 2.24) is 0 Å². The minimum Gasteiger partial charge on any atom is -0.486 e. The van der Waals surface area contributed by atoms with Gasteiger partial charge in [0.05, 0.1) is 10.4 Å². The topological polar surface area (TPSA) is 27.7 Å². The maximum atomic E-state index is 5.88. The van der Waals surface area contributed by atoms with Crippen molar-refractivity contribution in [3.63, 3.8) is 0 Å². The van der Waals surface area contributed by atoms with Gasteiger partial charge in [0.25, 0.3) is 0 Å². The molecule has 4 heteroatoms. The molecule has 2 heterocycles. The Morgan fingerprint density at radius 3 is 2.67 bits per heavy atom. The van der Waals surface area contributed by atoms with Gasteiger partial charge in [0, 0.05) is 6.61 Å². The Kier molecular flexibility index (Phi) is 3.24. The van der Waals surface area contributed by atoms with Crippen LogP contribution in [0, 0.1) is 0 Å². The van der Waals surface area contributed by atoms with E-state index in [2.05, 4.69) is 35.0 Å².